The molecule has 0 bridgehead atoms. The quantitative estimate of drug-likeness (QED) is 0.589. The maximum absolute atomic E-state index is 10.9. The summed E-state index contributed by atoms with van der Waals surface area (Å²) in [6.07, 6.45) is -0.0247. The van der Waals surface area contributed by atoms with Gasteiger partial charge in [-0.15, -0.1) is 0 Å². The minimum Gasteiger partial charge on any atom is -0.462 e. The number of hydrogen-bond acceptors (Lipinski definition) is 3. The predicted molar refractivity (Wildman–Crippen MR) is 39.7 cm³/mol. The van der Waals surface area contributed by atoms with Crippen LogP contribution in [-0.4, -0.2) is 25.2 Å². The summed E-state index contributed by atoms with van der Waals surface area (Å²) in [6, 6.07) is -0.206. The van der Waals surface area contributed by atoms with Crippen molar-refractivity contribution in [1.29, 1.82) is 0 Å². The second-order valence-corrected chi connectivity index (χ2v) is 2.50. The Labute approximate surface area is 61.8 Å². The van der Waals surface area contributed by atoms with Crippen molar-refractivity contribution in [3.63, 3.8) is 0 Å². The number of nitrogens with one attached hydrogen (secondary N) is 1. The van der Waals surface area contributed by atoms with Crippen molar-refractivity contribution in [2.45, 2.75) is 32.9 Å². The lowest BCUT2D eigenvalue weighted by Crippen LogP contribution is -2.33. The summed E-state index contributed by atoms with van der Waals surface area (Å²) >= 11 is 0. The van der Waals surface area contributed by atoms with Gasteiger partial charge in [0.05, 0.1) is 6.10 Å². The molecule has 0 aromatic rings. The fraction of sp³-hybridized carbons (Fsp3) is 0.857. The van der Waals surface area contributed by atoms with E-state index >= 15 is 0 Å². The van der Waals surface area contributed by atoms with Crippen LogP contribution in [0.5, 0.6) is 0 Å². The molecule has 1 N–H and O–H groups in total. The van der Waals surface area contributed by atoms with Crippen molar-refractivity contribution in [2.24, 2.45) is 0 Å². The molecule has 0 aliphatic heterocycles. The maximum Gasteiger partial charge on any atom is 0.323 e. The highest BCUT2D eigenvalue weighted by Crippen LogP contribution is 1.92. The van der Waals surface area contributed by atoms with Crippen LogP contribution in [0.4, 0.5) is 0 Å². The van der Waals surface area contributed by atoms with Gasteiger partial charge in [-0.3, -0.25) is 4.79 Å². The second kappa shape index (κ2) is 4.28. The molecular formula is C7H15NO2. The fourth-order valence-electron chi connectivity index (χ4n) is 0.452. The van der Waals surface area contributed by atoms with E-state index in [-0.39, 0.29) is 18.1 Å². The molecule has 0 aromatic carbocycles. The van der Waals surface area contributed by atoms with Gasteiger partial charge in [-0.05, 0) is 27.8 Å². The number of esters is 1. The van der Waals surface area contributed by atoms with Crippen molar-refractivity contribution in [1.82, 2.24) is 5.32 Å². The minimum atomic E-state index is -0.206. The van der Waals surface area contributed by atoms with Crippen LogP contribution in [0.1, 0.15) is 20.8 Å². The van der Waals surface area contributed by atoms with Gasteiger partial charge >= 0.3 is 5.97 Å². The Morgan fingerprint density at radius 2 is 1.90 bits per heavy atom. The molecule has 0 aliphatic carbocycles. The summed E-state index contributed by atoms with van der Waals surface area (Å²) in [7, 11) is 1.73. The van der Waals surface area contributed by atoms with Gasteiger partial charge in [0.15, 0.2) is 0 Å². The molecule has 0 spiro atoms. The first-order chi connectivity index (χ1) is 4.57. The zero-order valence-electron chi connectivity index (χ0n) is 6.97. The van der Waals surface area contributed by atoms with Crippen LogP contribution in [0.25, 0.3) is 0 Å². The van der Waals surface area contributed by atoms with Crippen LogP contribution in [0.2, 0.25) is 0 Å². The number of carbonyl (C=O) groups is 1. The summed E-state index contributed by atoms with van der Waals surface area (Å²) in [5.41, 5.74) is 0. The van der Waals surface area contributed by atoms with E-state index in [0.29, 0.717) is 0 Å². The van der Waals surface area contributed by atoms with E-state index in [0.717, 1.165) is 0 Å². The molecule has 3 nitrogen and oxygen atoms in total. The average molecular weight is 145 g/mol. The third-order valence-corrected chi connectivity index (χ3v) is 1.14. The van der Waals surface area contributed by atoms with Gasteiger partial charge < -0.3 is 10.1 Å². The smallest absolute Gasteiger partial charge is 0.323 e. The van der Waals surface area contributed by atoms with Gasteiger partial charge in [-0.25, -0.2) is 0 Å². The first-order valence-electron chi connectivity index (χ1n) is 3.45. The predicted octanol–water partition coefficient (Wildman–Crippen LogP) is 0.546. The number of ether oxygens (including phenoxy) is 1. The Kier molecular flexibility index (Phi) is 4.03. The van der Waals surface area contributed by atoms with E-state index in [2.05, 4.69) is 5.32 Å². The van der Waals surface area contributed by atoms with E-state index in [1.807, 2.05) is 13.8 Å². The average Bonchev–Trinajstić information content (AvgIpc) is 1.85. The van der Waals surface area contributed by atoms with Gasteiger partial charge in [0, 0.05) is 0 Å². The molecule has 0 radical (unpaired) electrons. The summed E-state index contributed by atoms with van der Waals surface area (Å²) in [5.74, 6) is -0.197. The zero-order chi connectivity index (χ0) is 8.15. The molecule has 1 unspecified atom stereocenters. The molecule has 3 heteroatoms. The molecular weight excluding hydrogens is 130 g/mol. The summed E-state index contributed by atoms with van der Waals surface area (Å²) < 4.78 is 4.90. The van der Waals surface area contributed by atoms with E-state index in [4.69, 9.17) is 4.74 Å². The van der Waals surface area contributed by atoms with Gasteiger partial charge in [0.2, 0.25) is 0 Å². The van der Waals surface area contributed by atoms with Crippen LogP contribution in [0.15, 0.2) is 0 Å². The number of likely N-dealkylation sites (N-methyl/N-ethyl adjacent to an activating group) is 1. The molecule has 0 fully saturated rings. The highest BCUT2D eigenvalue weighted by molar-refractivity contribution is 5.75. The van der Waals surface area contributed by atoms with Crippen molar-refractivity contribution in [2.75, 3.05) is 7.05 Å². The van der Waals surface area contributed by atoms with Gasteiger partial charge in [-0.1, -0.05) is 0 Å². The first-order valence-corrected chi connectivity index (χ1v) is 3.45. The Bertz CT molecular complexity index is 112. The summed E-state index contributed by atoms with van der Waals surface area (Å²) in [5, 5.41) is 2.80. The zero-order valence-corrected chi connectivity index (χ0v) is 6.97. The molecule has 60 valence electrons. The standard InChI is InChI=1S/C7H15NO2/c1-5(2)10-7(9)6(3)8-4/h5-6,8H,1-4H3. The Morgan fingerprint density at radius 1 is 1.40 bits per heavy atom. The topological polar surface area (TPSA) is 38.3 Å². The molecule has 10 heavy (non-hydrogen) atoms. The minimum absolute atomic E-state index is 0.0247. The highest BCUT2D eigenvalue weighted by atomic mass is 16.5. The van der Waals surface area contributed by atoms with Crippen LogP contribution in [-0.2, 0) is 9.53 Å². The number of carbonyl (C=O) groups excluding carboxylic acids is 1. The van der Waals surface area contributed by atoms with E-state index in [1.165, 1.54) is 0 Å². The molecule has 0 rings (SSSR count). The van der Waals surface area contributed by atoms with Gasteiger partial charge in [0.1, 0.15) is 6.04 Å². The molecule has 0 aromatic heterocycles. The summed E-state index contributed by atoms with van der Waals surface area (Å²) in [4.78, 5) is 10.9. The van der Waals surface area contributed by atoms with Crippen LogP contribution < -0.4 is 5.32 Å². The van der Waals surface area contributed by atoms with Crippen molar-refractivity contribution >= 4 is 5.97 Å². The second-order valence-electron chi connectivity index (χ2n) is 2.50. The van der Waals surface area contributed by atoms with Crippen LogP contribution in [0.3, 0.4) is 0 Å². The Hall–Kier alpha value is -0.570. The van der Waals surface area contributed by atoms with Crippen molar-refractivity contribution < 1.29 is 9.53 Å². The lowest BCUT2D eigenvalue weighted by molar-refractivity contribution is -0.149. The van der Waals surface area contributed by atoms with Crippen LogP contribution >= 0.6 is 0 Å². The Morgan fingerprint density at radius 3 is 2.20 bits per heavy atom. The molecule has 0 saturated carbocycles. The SMILES string of the molecule is CNC(C)C(=O)OC(C)C. The van der Waals surface area contributed by atoms with Gasteiger partial charge in [-0.2, -0.15) is 0 Å². The maximum atomic E-state index is 10.9. The van der Waals surface area contributed by atoms with Crippen molar-refractivity contribution in [3.8, 4) is 0 Å². The molecule has 0 saturated heterocycles. The number of rotatable bonds is 3. The largest absolute Gasteiger partial charge is 0.462 e. The molecule has 1 atom stereocenters. The monoisotopic (exact) mass is 145 g/mol. The van der Waals surface area contributed by atoms with Crippen molar-refractivity contribution in [3.05, 3.63) is 0 Å². The molecule has 0 aliphatic rings. The lowest BCUT2D eigenvalue weighted by atomic mass is 10.3. The van der Waals surface area contributed by atoms with E-state index < -0.39 is 0 Å². The highest BCUT2D eigenvalue weighted by Gasteiger charge is 2.12. The molecule has 0 amide bonds. The first kappa shape index (κ1) is 9.43. The Balaban J connectivity index is 3.62. The van der Waals surface area contributed by atoms with Gasteiger partial charge in [0.25, 0.3) is 0 Å². The lowest BCUT2D eigenvalue weighted by Gasteiger charge is -2.12. The fourth-order valence-corrected chi connectivity index (χ4v) is 0.452. The summed E-state index contributed by atoms with van der Waals surface area (Å²) in [6.45, 7) is 5.44. The normalized spacial score (nSPS) is 13.3. The van der Waals surface area contributed by atoms with Crippen LogP contribution in [0, 0.1) is 0 Å². The third-order valence-electron chi connectivity index (χ3n) is 1.14. The van der Waals surface area contributed by atoms with E-state index in [1.54, 1.807) is 14.0 Å². The van der Waals surface area contributed by atoms with E-state index in [9.17, 15) is 4.79 Å². The number of hydrogen-bond donors (Lipinski definition) is 1. The third kappa shape index (κ3) is 3.45. The molecule has 0 heterocycles.